The zero-order valence-electron chi connectivity index (χ0n) is 8.55. The maximum absolute atomic E-state index is 2.43. The number of rotatable bonds is 3. The van der Waals surface area contributed by atoms with Crippen molar-refractivity contribution in [2.24, 2.45) is 23.7 Å². The van der Waals surface area contributed by atoms with E-state index in [4.69, 9.17) is 0 Å². The second kappa shape index (κ2) is 3.40. The average Bonchev–Trinajstić information content (AvgIpc) is 1.98. The van der Waals surface area contributed by atoms with Gasteiger partial charge in [-0.25, -0.2) is 0 Å². The van der Waals surface area contributed by atoms with Crippen LogP contribution in [0, 0.1) is 23.7 Å². The molecule has 2 rings (SSSR count). The smallest absolute Gasteiger partial charge is 0.0388 e. The molecule has 0 aliphatic heterocycles. The van der Waals surface area contributed by atoms with Crippen molar-refractivity contribution in [1.82, 2.24) is 0 Å². The molecule has 0 aromatic heterocycles. The van der Waals surface area contributed by atoms with Crippen molar-refractivity contribution in [3.05, 3.63) is 0 Å². The Morgan fingerprint density at radius 2 is 1.75 bits per heavy atom. The fourth-order valence-electron chi connectivity index (χ4n) is 2.92. The third-order valence-electron chi connectivity index (χ3n) is 4.21. The molecule has 2 saturated carbocycles. The largest absolute Gasteiger partial charge is 0.0625 e. The summed E-state index contributed by atoms with van der Waals surface area (Å²) in [5.41, 5.74) is 0. The Morgan fingerprint density at radius 3 is 2.17 bits per heavy atom. The van der Waals surface area contributed by atoms with E-state index in [0.29, 0.717) is 0 Å². The van der Waals surface area contributed by atoms with E-state index in [-0.39, 0.29) is 0 Å². The molecule has 2 unspecified atom stereocenters. The molecule has 0 amide bonds. The minimum Gasteiger partial charge on any atom is -0.0625 e. The van der Waals surface area contributed by atoms with Crippen LogP contribution in [0.4, 0.5) is 0 Å². The highest BCUT2D eigenvalue weighted by molar-refractivity contribution is 4.81. The van der Waals surface area contributed by atoms with Crippen molar-refractivity contribution in [3.63, 3.8) is 0 Å². The topological polar surface area (TPSA) is 0 Å². The molecule has 0 heterocycles. The molecule has 2 aliphatic rings. The van der Waals surface area contributed by atoms with Crippen LogP contribution in [-0.4, -0.2) is 0 Å². The van der Waals surface area contributed by atoms with Crippen molar-refractivity contribution in [3.8, 4) is 0 Å². The Kier molecular flexibility index (Phi) is 2.43. The molecule has 0 nitrogen and oxygen atoms in total. The predicted octanol–water partition coefficient (Wildman–Crippen LogP) is 3.86. The minimum absolute atomic E-state index is 1.05. The maximum Gasteiger partial charge on any atom is -0.0388 e. The van der Waals surface area contributed by atoms with Crippen molar-refractivity contribution in [2.75, 3.05) is 0 Å². The molecular weight excluding hydrogens is 144 g/mol. The Bertz CT molecular complexity index is 144. The number of hydrogen-bond acceptors (Lipinski definition) is 0. The molecule has 70 valence electrons. The van der Waals surface area contributed by atoms with Crippen molar-refractivity contribution in [1.29, 1.82) is 0 Å². The standard InChI is InChI=1S/C12H22/c1-9-7-11(8-9)4-6-12-5-3-10(12)2/h9-12H,3-8H2,1-2H3. The number of hydrogen-bond donors (Lipinski definition) is 0. The molecule has 0 heteroatoms. The summed E-state index contributed by atoms with van der Waals surface area (Å²) < 4.78 is 0. The van der Waals surface area contributed by atoms with Crippen LogP contribution in [-0.2, 0) is 0 Å². The summed E-state index contributed by atoms with van der Waals surface area (Å²) in [5.74, 6) is 4.34. The first-order chi connectivity index (χ1) is 5.75. The van der Waals surface area contributed by atoms with Gasteiger partial charge in [-0.1, -0.05) is 26.7 Å². The maximum atomic E-state index is 2.43. The molecular formula is C12H22. The van der Waals surface area contributed by atoms with Crippen LogP contribution >= 0.6 is 0 Å². The van der Waals surface area contributed by atoms with Crippen LogP contribution in [0.25, 0.3) is 0 Å². The Labute approximate surface area is 76.7 Å². The first kappa shape index (κ1) is 8.59. The van der Waals surface area contributed by atoms with Gasteiger partial charge in [0.2, 0.25) is 0 Å². The van der Waals surface area contributed by atoms with Crippen LogP contribution in [0.15, 0.2) is 0 Å². The fourth-order valence-corrected chi connectivity index (χ4v) is 2.92. The lowest BCUT2D eigenvalue weighted by molar-refractivity contribution is 0.135. The van der Waals surface area contributed by atoms with Gasteiger partial charge in [0.15, 0.2) is 0 Å². The molecule has 0 saturated heterocycles. The van der Waals surface area contributed by atoms with E-state index in [2.05, 4.69) is 13.8 Å². The molecule has 0 radical (unpaired) electrons. The third kappa shape index (κ3) is 1.67. The first-order valence-electron chi connectivity index (χ1n) is 5.75. The van der Waals surface area contributed by atoms with Crippen molar-refractivity contribution >= 4 is 0 Å². The Hall–Kier alpha value is 0. The molecule has 2 atom stereocenters. The van der Waals surface area contributed by atoms with Crippen LogP contribution in [0.1, 0.15) is 52.4 Å². The van der Waals surface area contributed by atoms with Gasteiger partial charge in [-0.3, -0.25) is 0 Å². The van der Waals surface area contributed by atoms with E-state index in [0.717, 1.165) is 23.7 Å². The predicted molar refractivity (Wildman–Crippen MR) is 53.0 cm³/mol. The summed E-state index contributed by atoms with van der Waals surface area (Å²) >= 11 is 0. The van der Waals surface area contributed by atoms with Gasteiger partial charge < -0.3 is 0 Å². The summed E-state index contributed by atoms with van der Waals surface area (Å²) in [4.78, 5) is 0. The highest BCUT2D eigenvalue weighted by atomic mass is 14.4. The third-order valence-corrected chi connectivity index (χ3v) is 4.21. The zero-order valence-corrected chi connectivity index (χ0v) is 8.55. The molecule has 0 aromatic rings. The first-order valence-corrected chi connectivity index (χ1v) is 5.75. The van der Waals surface area contributed by atoms with E-state index < -0.39 is 0 Å². The monoisotopic (exact) mass is 166 g/mol. The van der Waals surface area contributed by atoms with Gasteiger partial charge in [0.25, 0.3) is 0 Å². The lowest BCUT2D eigenvalue weighted by Gasteiger charge is -2.38. The second-order valence-corrected chi connectivity index (χ2v) is 5.33. The Morgan fingerprint density at radius 1 is 1.00 bits per heavy atom. The molecule has 2 fully saturated rings. The van der Waals surface area contributed by atoms with Crippen LogP contribution < -0.4 is 0 Å². The average molecular weight is 166 g/mol. The highest BCUT2D eigenvalue weighted by Gasteiger charge is 2.30. The van der Waals surface area contributed by atoms with Crippen LogP contribution in [0.5, 0.6) is 0 Å². The lowest BCUT2D eigenvalue weighted by atomic mass is 9.68. The summed E-state index contributed by atoms with van der Waals surface area (Å²) in [6.07, 6.45) is 9.18. The lowest BCUT2D eigenvalue weighted by Crippen LogP contribution is -2.26. The molecule has 0 aromatic carbocycles. The normalized spacial score (nSPS) is 46.5. The SMILES string of the molecule is CC1CC(CCC2CCC2C)C1. The van der Waals surface area contributed by atoms with Gasteiger partial charge >= 0.3 is 0 Å². The van der Waals surface area contributed by atoms with E-state index in [1.165, 1.54) is 25.7 Å². The summed E-state index contributed by atoms with van der Waals surface area (Å²) in [5, 5.41) is 0. The highest BCUT2D eigenvalue weighted by Crippen LogP contribution is 2.42. The second-order valence-electron chi connectivity index (χ2n) is 5.33. The van der Waals surface area contributed by atoms with Gasteiger partial charge in [-0.15, -0.1) is 0 Å². The van der Waals surface area contributed by atoms with E-state index >= 15 is 0 Å². The Balaban J connectivity index is 1.57. The molecule has 2 aliphatic carbocycles. The van der Waals surface area contributed by atoms with E-state index in [9.17, 15) is 0 Å². The van der Waals surface area contributed by atoms with Crippen molar-refractivity contribution < 1.29 is 0 Å². The van der Waals surface area contributed by atoms with Gasteiger partial charge in [-0.05, 0) is 49.4 Å². The van der Waals surface area contributed by atoms with Gasteiger partial charge in [-0.2, -0.15) is 0 Å². The summed E-state index contributed by atoms with van der Waals surface area (Å²) in [6, 6.07) is 0. The molecule has 0 spiro atoms. The summed E-state index contributed by atoms with van der Waals surface area (Å²) in [7, 11) is 0. The van der Waals surface area contributed by atoms with Crippen molar-refractivity contribution in [2.45, 2.75) is 52.4 Å². The fraction of sp³-hybridized carbons (Fsp3) is 1.00. The minimum atomic E-state index is 1.05. The summed E-state index contributed by atoms with van der Waals surface area (Å²) in [6.45, 7) is 4.82. The molecule has 0 N–H and O–H groups in total. The van der Waals surface area contributed by atoms with Gasteiger partial charge in [0.05, 0.1) is 0 Å². The quantitative estimate of drug-likeness (QED) is 0.597. The van der Waals surface area contributed by atoms with E-state index in [1.54, 1.807) is 12.8 Å². The van der Waals surface area contributed by atoms with Crippen LogP contribution in [0.3, 0.4) is 0 Å². The molecule has 12 heavy (non-hydrogen) atoms. The van der Waals surface area contributed by atoms with Gasteiger partial charge in [0.1, 0.15) is 0 Å². The van der Waals surface area contributed by atoms with Crippen LogP contribution in [0.2, 0.25) is 0 Å². The zero-order chi connectivity index (χ0) is 8.55. The van der Waals surface area contributed by atoms with Gasteiger partial charge in [0, 0.05) is 0 Å². The molecule has 0 bridgehead atoms. The van der Waals surface area contributed by atoms with E-state index in [1.807, 2.05) is 0 Å².